The van der Waals surface area contributed by atoms with E-state index < -0.39 is 4.92 Å². The van der Waals surface area contributed by atoms with Crippen molar-refractivity contribution < 1.29 is 4.92 Å². The summed E-state index contributed by atoms with van der Waals surface area (Å²) < 4.78 is 1.92. The number of aromatic nitrogens is 3. The Hall–Kier alpha value is -3.94. The van der Waals surface area contributed by atoms with Gasteiger partial charge in [0.25, 0.3) is 0 Å². The molecular weight excluding hydrogens is 344 g/mol. The first kappa shape index (κ1) is 16.5. The molecular formula is C19H16N6O2. The van der Waals surface area contributed by atoms with E-state index in [2.05, 4.69) is 9.97 Å². The molecule has 0 saturated carbocycles. The summed E-state index contributed by atoms with van der Waals surface area (Å²) in [4.78, 5) is 19.7. The van der Waals surface area contributed by atoms with Gasteiger partial charge in [-0.2, -0.15) is 0 Å². The summed E-state index contributed by atoms with van der Waals surface area (Å²) in [5.41, 5.74) is 13.9. The number of hydrogen-bond donors (Lipinski definition) is 2. The van der Waals surface area contributed by atoms with Crippen molar-refractivity contribution in [1.82, 2.24) is 14.5 Å². The lowest BCUT2D eigenvalue weighted by molar-refractivity contribution is -0.383. The van der Waals surface area contributed by atoms with Crippen LogP contribution in [0, 0.1) is 17.0 Å². The minimum absolute atomic E-state index is 0.0143. The lowest BCUT2D eigenvalue weighted by Gasteiger charge is -2.10. The zero-order valence-electron chi connectivity index (χ0n) is 14.5. The van der Waals surface area contributed by atoms with Gasteiger partial charge >= 0.3 is 5.69 Å². The van der Waals surface area contributed by atoms with E-state index in [4.69, 9.17) is 11.5 Å². The van der Waals surface area contributed by atoms with Crippen LogP contribution >= 0.6 is 0 Å². The van der Waals surface area contributed by atoms with Crippen molar-refractivity contribution in [3.63, 3.8) is 0 Å². The van der Waals surface area contributed by atoms with Crippen molar-refractivity contribution in [1.29, 1.82) is 0 Å². The minimum Gasteiger partial charge on any atom is -0.398 e. The number of aryl methyl sites for hydroxylation is 1. The number of nitrogens with zero attached hydrogens (tertiary/aromatic N) is 4. The first-order chi connectivity index (χ1) is 13.0. The van der Waals surface area contributed by atoms with E-state index in [1.165, 1.54) is 12.1 Å². The third-order valence-electron chi connectivity index (χ3n) is 4.45. The van der Waals surface area contributed by atoms with Crippen LogP contribution in [-0.4, -0.2) is 19.5 Å². The molecule has 0 amide bonds. The highest BCUT2D eigenvalue weighted by Crippen LogP contribution is 2.37. The number of hydrogen-bond acceptors (Lipinski definition) is 6. The predicted octanol–water partition coefficient (Wildman–Crippen LogP) is 3.47. The molecule has 0 aliphatic carbocycles. The van der Waals surface area contributed by atoms with Crippen LogP contribution in [0.4, 0.5) is 17.1 Å². The highest BCUT2D eigenvalue weighted by Gasteiger charge is 2.24. The van der Waals surface area contributed by atoms with E-state index in [1.807, 2.05) is 42.0 Å². The molecule has 0 unspecified atom stereocenters. The van der Waals surface area contributed by atoms with Gasteiger partial charge in [-0.25, -0.2) is 9.97 Å². The monoisotopic (exact) mass is 360 g/mol. The van der Waals surface area contributed by atoms with Gasteiger partial charge in [0.2, 0.25) is 0 Å². The summed E-state index contributed by atoms with van der Waals surface area (Å²) in [7, 11) is 0. The number of fused-ring (bicyclic) bond motifs is 1. The molecule has 0 fully saturated rings. The molecule has 0 spiro atoms. The maximum atomic E-state index is 11.5. The Balaban J connectivity index is 1.95. The molecule has 4 N–H and O–H groups in total. The van der Waals surface area contributed by atoms with Crippen LogP contribution in [0.5, 0.6) is 0 Å². The quantitative estimate of drug-likeness (QED) is 0.327. The van der Waals surface area contributed by atoms with Crippen LogP contribution in [0.15, 0.2) is 54.9 Å². The van der Waals surface area contributed by atoms with Gasteiger partial charge in [0.15, 0.2) is 5.82 Å². The third-order valence-corrected chi connectivity index (χ3v) is 4.45. The Bertz CT molecular complexity index is 1200. The van der Waals surface area contributed by atoms with Gasteiger partial charge in [0, 0.05) is 23.5 Å². The van der Waals surface area contributed by atoms with Gasteiger partial charge in [0.1, 0.15) is 17.1 Å². The van der Waals surface area contributed by atoms with E-state index in [9.17, 15) is 10.1 Å². The van der Waals surface area contributed by atoms with Crippen molar-refractivity contribution in [3.05, 3.63) is 70.5 Å². The number of benzene rings is 2. The van der Waals surface area contributed by atoms with Gasteiger partial charge in [0.05, 0.1) is 10.4 Å². The number of rotatable bonds is 3. The summed E-state index contributed by atoms with van der Waals surface area (Å²) in [6.45, 7) is 2.02. The second-order valence-corrected chi connectivity index (χ2v) is 6.16. The molecule has 4 rings (SSSR count). The average molecular weight is 360 g/mol. The number of nitro benzene ring substituents is 1. The highest BCUT2D eigenvalue weighted by molar-refractivity contribution is 5.88. The summed E-state index contributed by atoms with van der Waals surface area (Å²) in [5.74, 6) is 0.736. The first-order valence-corrected chi connectivity index (χ1v) is 8.20. The van der Waals surface area contributed by atoms with Crippen molar-refractivity contribution in [2.45, 2.75) is 6.92 Å². The molecule has 8 heteroatoms. The Labute approximate surface area is 154 Å². The molecule has 0 saturated heterocycles. The van der Waals surface area contributed by atoms with Crippen LogP contribution in [-0.2, 0) is 0 Å². The zero-order valence-corrected chi connectivity index (χ0v) is 14.5. The zero-order chi connectivity index (χ0) is 19.1. The third kappa shape index (κ3) is 2.63. The van der Waals surface area contributed by atoms with Gasteiger partial charge in [-0.3, -0.25) is 10.1 Å². The first-order valence-electron chi connectivity index (χ1n) is 8.20. The van der Waals surface area contributed by atoms with Crippen LogP contribution in [0.3, 0.4) is 0 Å². The summed E-state index contributed by atoms with van der Waals surface area (Å²) in [5, 5.41) is 12.6. The SMILES string of the molecule is Cc1cn(-c2ccnc(-c3c(N)ccc(N)c3[N+](=O)[O-])n2)c2ccccc12. The standard InChI is InChI=1S/C19H16N6O2/c1-11-10-24(15-5-3-2-4-12(11)15)16-8-9-22-19(23-16)17-13(20)6-7-14(21)18(17)25(26)27/h2-10H,20-21H2,1H3. The smallest absolute Gasteiger partial charge is 0.305 e. The fourth-order valence-corrected chi connectivity index (χ4v) is 3.20. The van der Waals surface area contributed by atoms with Crippen molar-refractivity contribution in [2.75, 3.05) is 11.5 Å². The number of nitrogen functional groups attached to an aromatic ring is 2. The summed E-state index contributed by atoms with van der Waals surface area (Å²) in [6, 6.07) is 12.6. The largest absolute Gasteiger partial charge is 0.398 e. The number of nitrogens with two attached hydrogens (primary N) is 2. The molecule has 0 aliphatic heterocycles. The Morgan fingerprint density at radius 1 is 1.07 bits per heavy atom. The van der Waals surface area contributed by atoms with Crippen LogP contribution in [0.25, 0.3) is 28.1 Å². The molecule has 0 atom stereocenters. The van der Waals surface area contributed by atoms with Crippen molar-refractivity contribution >= 4 is 28.0 Å². The van der Waals surface area contributed by atoms with Gasteiger partial charge in [-0.05, 0) is 36.8 Å². The van der Waals surface area contributed by atoms with E-state index in [1.54, 1.807) is 12.3 Å². The molecule has 2 aromatic carbocycles. The lowest BCUT2D eigenvalue weighted by atomic mass is 10.1. The van der Waals surface area contributed by atoms with Gasteiger partial charge < -0.3 is 16.0 Å². The molecule has 2 aromatic heterocycles. The van der Waals surface area contributed by atoms with Gasteiger partial charge in [-0.15, -0.1) is 0 Å². The molecule has 27 heavy (non-hydrogen) atoms. The fourth-order valence-electron chi connectivity index (χ4n) is 3.20. The maximum absolute atomic E-state index is 11.5. The average Bonchev–Trinajstić information content (AvgIpc) is 3.00. The Kier molecular flexibility index (Phi) is 3.73. The van der Waals surface area contributed by atoms with Crippen molar-refractivity contribution in [3.8, 4) is 17.2 Å². The van der Waals surface area contributed by atoms with Crippen LogP contribution in [0.2, 0.25) is 0 Å². The summed E-state index contributed by atoms with van der Waals surface area (Å²) in [6.07, 6.45) is 3.52. The second kappa shape index (κ2) is 6.10. The molecule has 0 radical (unpaired) electrons. The number of nitro groups is 1. The predicted molar refractivity (Wildman–Crippen MR) is 105 cm³/mol. The Morgan fingerprint density at radius 2 is 1.81 bits per heavy atom. The Morgan fingerprint density at radius 3 is 2.59 bits per heavy atom. The van der Waals surface area contributed by atoms with Crippen molar-refractivity contribution in [2.24, 2.45) is 0 Å². The molecule has 134 valence electrons. The highest BCUT2D eigenvalue weighted by atomic mass is 16.6. The molecule has 8 nitrogen and oxygen atoms in total. The van der Waals surface area contributed by atoms with Crippen LogP contribution in [0.1, 0.15) is 5.56 Å². The lowest BCUT2D eigenvalue weighted by Crippen LogP contribution is -2.05. The molecule has 0 bridgehead atoms. The van der Waals surface area contributed by atoms with Gasteiger partial charge in [-0.1, -0.05) is 18.2 Å². The number of para-hydroxylation sites is 1. The van der Waals surface area contributed by atoms with E-state index in [-0.39, 0.29) is 28.5 Å². The molecule has 2 heterocycles. The molecule has 0 aliphatic rings. The minimum atomic E-state index is -0.563. The normalized spacial score (nSPS) is 11.0. The van der Waals surface area contributed by atoms with Crippen LogP contribution < -0.4 is 11.5 Å². The maximum Gasteiger partial charge on any atom is 0.305 e. The molecule has 4 aromatic rings. The number of anilines is 2. The topological polar surface area (TPSA) is 126 Å². The van der Waals surface area contributed by atoms with E-state index in [0.29, 0.717) is 5.82 Å². The second-order valence-electron chi connectivity index (χ2n) is 6.16. The van der Waals surface area contributed by atoms with E-state index in [0.717, 1.165) is 16.5 Å². The fraction of sp³-hybridized carbons (Fsp3) is 0.0526. The van der Waals surface area contributed by atoms with E-state index >= 15 is 0 Å². The summed E-state index contributed by atoms with van der Waals surface area (Å²) >= 11 is 0.